The normalized spacial score (nSPS) is 10.4. The number of aromatic nitrogens is 1. The molecule has 0 aliphatic carbocycles. The van der Waals surface area contributed by atoms with Gasteiger partial charge in [0, 0.05) is 37.1 Å². The van der Waals surface area contributed by atoms with E-state index in [2.05, 4.69) is 10.3 Å². The summed E-state index contributed by atoms with van der Waals surface area (Å²) >= 11 is 0. The molecule has 0 atom stereocenters. The van der Waals surface area contributed by atoms with E-state index in [1.807, 2.05) is 18.2 Å². The molecule has 1 N–H and O–H groups in total. The molecule has 0 bridgehead atoms. The van der Waals surface area contributed by atoms with Crippen LogP contribution in [0.3, 0.4) is 0 Å². The van der Waals surface area contributed by atoms with E-state index in [-0.39, 0.29) is 10.6 Å². The van der Waals surface area contributed by atoms with Gasteiger partial charge in [-0.3, -0.25) is 15.1 Å². The van der Waals surface area contributed by atoms with Crippen molar-refractivity contribution in [2.45, 2.75) is 20.0 Å². The number of nitro benzene ring substituents is 1. The van der Waals surface area contributed by atoms with E-state index in [4.69, 9.17) is 0 Å². The number of pyridine rings is 1. The Morgan fingerprint density at radius 3 is 2.74 bits per heavy atom. The van der Waals surface area contributed by atoms with Gasteiger partial charge < -0.3 is 5.32 Å². The van der Waals surface area contributed by atoms with Crippen molar-refractivity contribution in [3.05, 3.63) is 69.5 Å². The summed E-state index contributed by atoms with van der Waals surface area (Å²) in [6, 6.07) is 9.16. The van der Waals surface area contributed by atoms with Crippen LogP contribution in [0.4, 0.5) is 5.69 Å². The zero-order valence-corrected chi connectivity index (χ0v) is 10.7. The van der Waals surface area contributed by atoms with Gasteiger partial charge in [-0.2, -0.15) is 0 Å². The molecule has 2 rings (SSSR count). The van der Waals surface area contributed by atoms with Gasteiger partial charge in [-0.1, -0.05) is 18.2 Å². The highest BCUT2D eigenvalue weighted by atomic mass is 16.6. The third-order valence-electron chi connectivity index (χ3n) is 2.85. The Morgan fingerprint density at radius 2 is 2.05 bits per heavy atom. The fourth-order valence-corrected chi connectivity index (χ4v) is 1.82. The van der Waals surface area contributed by atoms with Crippen molar-refractivity contribution in [2.24, 2.45) is 0 Å². The zero-order chi connectivity index (χ0) is 13.7. The number of rotatable bonds is 5. The van der Waals surface area contributed by atoms with Crippen molar-refractivity contribution in [3.8, 4) is 0 Å². The van der Waals surface area contributed by atoms with Gasteiger partial charge in [0.1, 0.15) is 0 Å². The number of benzene rings is 1. The average Bonchev–Trinajstić information content (AvgIpc) is 2.41. The van der Waals surface area contributed by atoms with E-state index in [0.29, 0.717) is 18.7 Å². The SMILES string of the molecule is Cc1ccc(CNCc2cccnc2)cc1[N+](=O)[O-]. The lowest BCUT2D eigenvalue weighted by Crippen LogP contribution is -2.13. The highest BCUT2D eigenvalue weighted by Crippen LogP contribution is 2.19. The summed E-state index contributed by atoms with van der Waals surface area (Å²) in [6.45, 7) is 3.02. The molecule has 0 aliphatic heterocycles. The number of nitrogens with zero attached hydrogens (tertiary/aromatic N) is 2. The van der Waals surface area contributed by atoms with E-state index in [0.717, 1.165) is 11.1 Å². The van der Waals surface area contributed by atoms with Crippen molar-refractivity contribution in [2.75, 3.05) is 0 Å². The Labute approximate surface area is 111 Å². The van der Waals surface area contributed by atoms with E-state index in [1.54, 1.807) is 31.5 Å². The van der Waals surface area contributed by atoms with Gasteiger partial charge in [-0.15, -0.1) is 0 Å². The predicted molar refractivity (Wildman–Crippen MR) is 72.6 cm³/mol. The monoisotopic (exact) mass is 257 g/mol. The molecule has 0 saturated carbocycles. The number of nitrogens with one attached hydrogen (secondary N) is 1. The van der Waals surface area contributed by atoms with Gasteiger partial charge in [-0.05, 0) is 24.1 Å². The minimum atomic E-state index is -0.347. The van der Waals surface area contributed by atoms with Gasteiger partial charge in [-0.25, -0.2) is 0 Å². The summed E-state index contributed by atoms with van der Waals surface area (Å²) in [5.41, 5.74) is 2.84. The first-order chi connectivity index (χ1) is 9.16. The first-order valence-corrected chi connectivity index (χ1v) is 6.00. The molecule has 0 spiro atoms. The van der Waals surface area contributed by atoms with Crippen LogP contribution in [-0.4, -0.2) is 9.91 Å². The second kappa shape index (κ2) is 6.06. The lowest BCUT2D eigenvalue weighted by molar-refractivity contribution is -0.385. The lowest BCUT2D eigenvalue weighted by atomic mass is 10.1. The fraction of sp³-hybridized carbons (Fsp3) is 0.214. The number of nitro groups is 1. The molecule has 2 aromatic rings. The van der Waals surface area contributed by atoms with Gasteiger partial charge in [0.05, 0.1) is 4.92 Å². The van der Waals surface area contributed by atoms with Crippen LogP contribution in [0.15, 0.2) is 42.7 Å². The third kappa shape index (κ3) is 3.59. The summed E-state index contributed by atoms with van der Waals surface area (Å²) in [5.74, 6) is 0. The topological polar surface area (TPSA) is 68.1 Å². The van der Waals surface area contributed by atoms with Crippen molar-refractivity contribution >= 4 is 5.69 Å². The lowest BCUT2D eigenvalue weighted by Gasteiger charge is -2.05. The minimum Gasteiger partial charge on any atom is -0.309 e. The minimum absolute atomic E-state index is 0.167. The largest absolute Gasteiger partial charge is 0.309 e. The first-order valence-electron chi connectivity index (χ1n) is 6.00. The smallest absolute Gasteiger partial charge is 0.272 e. The summed E-state index contributed by atoms with van der Waals surface area (Å²) in [6.07, 6.45) is 3.53. The standard InChI is InChI=1S/C14H15N3O2/c1-11-4-5-12(7-14(11)17(18)19)8-16-10-13-3-2-6-15-9-13/h2-7,9,16H,8,10H2,1H3. The summed E-state index contributed by atoms with van der Waals surface area (Å²) in [4.78, 5) is 14.5. The molecule has 0 aliphatic rings. The molecule has 19 heavy (non-hydrogen) atoms. The van der Waals surface area contributed by atoms with Crippen molar-refractivity contribution in [3.63, 3.8) is 0 Å². The average molecular weight is 257 g/mol. The quantitative estimate of drug-likeness (QED) is 0.660. The van der Waals surface area contributed by atoms with Crippen LogP contribution in [0.25, 0.3) is 0 Å². The molecule has 1 aromatic heterocycles. The molecule has 0 saturated heterocycles. The zero-order valence-electron chi connectivity index (χ0n) is 10.7. The number of aryl methyl sites for hydroxylation is 1. The number of hydrogen-bond donors (Lipinski definition) is 1. The number of hydrogen-bond acceptors (Lipinski definition) is 4. The van der Waals surface area contributed by atoms with E-state index < -0.39 is 0 Å². The molecule has 98 valence electrons. The fourth-order valence-electron chi connectivity index (χ4n) is 1.82. The Balaban J connectivity index is 1.97. The predicted octanol–water partition coefficient (Wildman–Crippen LogP) is 2.59. The highest BCUT2D eigenvalue weighted by Gasteiger charge is 2.10. The third-order valence-corrected chi connectivity index (χ3v) is 2.85. The maximum Gasteiger partial charge on any atom is 0.272 e. The van der Waals surface area contributed by atoms with Crippen molar-refractivity contribution < 1.29 is 4.92 Å². The van der Waals surface area contributed by atoms with Gasteiger partial charge in [0.25, 0.3) is 5.69 Å². The Bertz CT molecular complexity index is 570. The van der Waals surface area contributed by atoms with E-state index >= 15 is 0 Å². The van der Waals surface area contributed by atoms with Crippen molar-refractivity contribution in [1.82, 2.24) is 10.3 Å². The molecule has 0 unspecified atom stereocenters. The van der Waals surface area contributed by atoms with Crippen LogP contribution in [0.1, 0.15) is 16.7 Å². The van der Waals surface area contributed by atoms with Crippen LogP contribution in [0.2, 0.25) is 0 Å². The van der Waals surface area contributed by atoms with Gasteiger partial charge in [0.15, 0.2) is 0 Å². The molecule has 5 nitrogen and oxygen atoms in total. The molecule has 5 heteroatoms. The molecule has 0 fully saturated rings. The summed E-state index contributed by atoms with van der Waals surface area (Å²) in [7, 11) is 0. The van der Waals surface area contributed by atoms with Gasteiger partial charge >= 0.3 is 0 Å². The summed E-state index contributed by atoms with van der Waals surface area (Å²) in [5, 5.41) is 14.1. The maximum atomic E-state index is 10.8. The molecule has 0 amide bonds. The van der Waals surface area contributed by atoms with Crippen LogP contribution in [0, 0.1) is 17.0 Å². The van der Waals surface area contributed by atoms with E-state index in [9.17, 15) is 10.1 Å². The van der Waals surface area contributed by atoms with Crippen molar-refractivity contribution in [1.29, 1.82) is 0 Å². The molecule has 1 heterocycles. The molecule has 0 radical (unpaired) electrons. The van der Waals surface area contributed by atoms with E-state index in [1.165, 1.54) is 0 Å². The second-order valence-electron chi connectivity index (χ2n) is 4.34. The maximum absolute atomic E-state index is 10.8. The van der Waals surface area contributed by atoms with Crippen LogP contribution in [0.5, 0.6) is 0 Å². The van der Waals surface area contributed by atoms with Crippen LogP contribution in [-0.2, 0) is 13.1 Å². The molecular formula is C14H15N3O2. The van der Waals surface area contributed by atoms with Gasteiger partial charge in [0.2, 0.25) is 0 Å². The van der Waals surface area contributed by atoms with Crippen LogP contribution < -0.4 is 5.32 Å². The second-order valence-corrected chi connectivity index (χ2v) is 4.34. The summed E-state index contributed by atoms with van der Waals surface area (Å²) < 4.78 is 0. The Morgan fingerprint density at radius 1 is 1.26 bits per heavy atom. The molecular weight excluding hydrogens is 242 g/mol. The first kappa shape index (κ1) is 13.2. The Hall–Kier alpha value is -2.27. The highest BCUT2D eigenvalue weighted by molar-refractivity contribution is 5.42. The Kier molecular flexibility index (Phi) is 4.20. The molecule has 1 aromatic carbocycles. The van der Waals surface area contributed by atoms with Crippen LogP contribution >= 0.6 is 0 Å².